The number of aryl methyl sites for hydroxylation is 2. The van der Waals surface area contributed by atoms with Crippen LogP contribution in [0, 0.1) is 13.8 Å². The van der Waals surface area contributed by atoms with Gasteiger partial charge >= 0.3 is 6.01 Å². The summed E-state index contributed by atoms with van der Waals surface area (Å²) in [7, 11) is 0. The fourth-order valence-corrected chi connectivity index (χ4v) is 5.50. The van der Waals surface area contributed by atoms with E-state index in [0.29, 0.717) is 17.8 Å². The van der Waals surface area contributed by atoms with Crippen LogP contribution in [0.15, 0.2) is 28.7 Å². The molecule has 0 spiro atoms. The molecule has 2 fully saturated rings. The molecular formula is C26H35N9O2. The van der Waals surface area contributed by atoms with Crippen LogP contribution in [0.3, 0.4) is 0 Å². The zero-order valence-electron chi connectivity index (χ0n) is 21.7. The van der Waals surface area contributed by atoms with Gasteiger partial charge in [-0.25, -0.2) is 9.97 Å². The quantitative estimate of drug-likeness (QED) is 0.531. The maximum atomic E-state index is 13.0. The highest BCUT2D eigenvalue weighted by atomic mass is 16.4. The average Bonchev–Trinajstić information content (AvgIpc) is 3.35. The number of carbonyl (C=O) groups excluding carboxylic acids is 1. The van der Waals surface area contributed by atoms with Crippen molar-refractivity contribution in [1.29, 1.82) is 0 Å². The standard InChI is InChI=1S/C26H35N9O2/c1-4-19-15-34(23-17(3)29-21(22(27)30-23)24-31-32-26(28)37-24)13-14-35(19)20-9-11-33(12-10-20)25(36)18-7-5-16(2)6-8-18/h5-8,19-20H,4,9-15H2,1-3H3,(H2,27,30)(H2,28,32). The summed E-state index contributed by atoms with van der Waals surface area (Å²) in [4.78, 5) is 29.1. The summed E-state index contributed by atoms with van der Waals surface area (Å²) in [5, 5.41) is 7.57. The van der Waals surface area contributed by atoms with Gasteiger partial charge in [0, 0.05) is 50.4 Å². The van der Waals surface area contributed by atoms with Crippen molar-refractivity contribution in [2.24, 2.45) is 0 Å². The number of likely N-dealkylation sites (tertiary alicyclic amines) is 1. The van der Waals surface area contributed by atoms with Crippen LogP contribution in [0.4, 0.5) is 17.7 Å². The van der Waals surface area contributed by atoms with Crippen molar-refractivity contribution in [1.82, 2.24) is 30.0 Å². The van der Waals surface area contributed by atoms with Crippen molar-refractivity contribution >= 4 is 23.6 Å². The highest BCUT2D eigenvalue weighted by Crippen LogP contribution is 2.30. The first-order valence-corrected chi connectivity index (χ1v) is 12.9. The lowest BCUT2D eigenvalue weighted by atomic mass is 9.97. The Balaban J connectivity index is 1.23. The number of nitrogens with two attached hydrogens (primary N) is 2. The molecule has 2 saturated heterocycles. The van der Waals surface area contributed by atoms with Gasteiger partial charge < -0.3 is 25.7 Å². The summed E-state index contributed by atoms with van der Waals surface area (Å²) in [5.74, 6) is 1.32. The van der Waals surface area contributed by atoms with E-state index >= 15 is 0 Å². The molecule has 3 aromatic rings. The van der Waals surface area contributed by atoms with E-state index in [0.717, 1.165) is 74.6 Å². The fraction of sp³-hybridized carbons (Fsp3) is 0.500. The van der Waals surface area contributed by atoms with Crippen molar-refractivity contribution in [3.05, 3.63) is 41.1 Å². The summed E-state index contributed by atoms with van der Waals surface area (Å²) in [5.41, 5.74) is 14.8. The molecule has 1 aromatic carbocycles. The van der Waals surface area contributed by atoms with Gasteiger partial charge in [0.15, 0.2) is 17.3 Å². The third kappa shape index (κ3) is 5.08. The van der Waals surface area contributed by atoms with Gasteiger partial charge in [0.1, 0.15) is 0 Å². The predicted molar refractivity (Wildman–Crippen MR) is 142 cm³/mol. The number of aromatic nitrogens is 4. The average molecular weight is 506 g/mol. The molecule has 1 amide bonds. The molecule has 0 saturated carbocycles. The first kappa shape index (κ1) is 24.9. The minimum atomic E-state index is -0.0369. The van der Waals surface area contributed by atoms with Crippen LogP contribution in [0.5, 0.6) is 0 Å². The minimum absolute atomic E-state index is 0.0369. The number of nitrogen functional groups attached to an aromatic ring is 2. The molecule has 11 heteroatoms. The van der Waals surface area contributed by atoms with E-state index in [4.69, 9.17) is 15.9 Å². The van der Waals surface area contributed by atoms with E-state index in [2.05, 4.69) is 36.9 Å². The molecule has 196 valence electrons. The molecule has 1 atom stereocenters. The molecule has 37 heavy (non-hydrogen) atoms. The monoisotopic (exact) mass is 505 g/mol. The summed E-state index contributed by atoms with van der Waals surface area (Å²) in [6, 6.07) is 8.67. The zero-order valence-corrected chi connectivity index (χ0v) is 21.7. The summed E-state index contributed by atoms with van der Waals surface area (Å²) in [6.07, 6.45) is 3.00. The minimum Gasteiger partial charge on any atom is -0.402 e. The molecule has 0 radical (unpaired) electrons. The van der Waals surface area contributed by atoms with Crippen LogP contribution < -0.4 is 16.4 Å². The SMILES string of the molecule is CCC1CN(c2nc(N)c(-c3nnc(N)o3)nc2C)CCN1C1CCN(C(=O)c2ccc(C)cc2)CC1. The molecular weight excluding hydrogens is 470 g/mol. The second-order valence-corrected chi connectivity index (χ2v) is 9.95. The Labute approximate surface area is 216 Å². The Morgan fingerprint density at radius 1 is 1.03 bits per heavy atom. The molecule has 2 aliphatic heterocycles. The third-order valence-electron chi connectivity index (χ3n) is 7.53. The number of benzene rings is 1. The second kappa shape index (κ2) is 10.3. The Morgan fingerprint density at radius 2 is 1.76 bits per heavy atom. The van der Waals surface area contributed by atoms with Crippen LogP contribution in [-0.4, -0.2) is 80.7 Å². The molecule has 5 rings (SSSR count). The number of amides is 1. The van der Waals surface area contributed by atoms with Gasteiger partial charge in [-0.3, -0.25) is 9.69 Å². The van der Waals surface area contributed by atoms with Crippen LogP contribution in [0.25, 0.3) is 11.6 Å². The highest BCUT2D eigenvalue weighted by molar-refractivity contribution is 5.94. The van der Waals surface area contributed by atoms with Crippen LogP contribution in [-0.2, 0) is 0 Å². The molecule has 0 aliphatic carbocycles. The maximum absolute atomic E-state index is 13.0. The van der Waals surface area contributed by atoms with Crippen molar-refractivity contribution in [2.75, 3.05) is 49.1 Å². The number of anilines is 3. The molecule has 11 nitrogen and oxygen atoms in total. The fourth-order valence-electron chi connectivity index (χ4n) is 5.50. The third-order valence-corrected chi connectivity index (χ3v) is 7.53. The molecule has 2 aromatic heterocycles. The highest BCUT2D eigenvalue weighted by Gasteiger charge is 2.35. The Hall–Kier alpha value is -3.73. The Kier molecular flexibility index (Phi) is 6.96. The smallest absolute Gasteiger partial charge is 0.313 e. The normalized spacial score (nSPS) is 19.4. The van der Waals surface area contributed by atoms with Crippen molar-refractivity contribution < 1.29 is 9.21 Å². The van der Waals surface area contributed by atoms with E-state index in [9.17, 15) is 4.79 Å². The number of hydrogen-bond acceptors (Lipinski definition) is 10. The number of carbonyl (C=O) groups is 1. The van der Waals surface area contributed by atoms with E-state index in [1.165, 1.54) is 0 Å². The number of piperidine rings is 1. The molecule has 2 aliphatic rings. The lowest BCUT2D eigenvalue weighted by Crippen LogP contribution is -2.59. The van der Waals surface area contributed by atoms with Crippen LogP contribution in [0.1, 0.15) is 47.8 Å². The topological polar surface area (TPSA) is 144 Å². The van der Waals surface area contributed by atoms with E-state index in [1.807, 2.05) is 43.0 Å². The first-order valence-electron chi connectivity index (χ1n) is 12.9. The van der Waals surface area contributed by atoms with E-state index in [-0.39, 0.29) is 23.6 Å². The maximum Gasteiger partial charge on any atom is 0.313 e. The van der Waals surface area contributed by atoms with Crippen LogP contribution in [0.2, 0.25) is 0 Å². The summed E-state index contributed by atoms with van der Waals surface area (Å²) in [6.45, 7) is 10.4. The summed E-state index contributed by atoms with van der Waals surface area (Å²) >= 11 is 0. The first-order chi connectivity index (χ1) is 17.8. The van der Waals surface area contributed by atoms with Crippen molar-refractivity contribution in [2.45, 2.75) is 52.1 Å². The van der Waals surface area contributed by atoms with E-state index < -0.39 is 0 Å². The van der Waals surface area contributed by atoms with Gasteiger partial charge in [0.05, 0.1) is 5.69 Å². The van der Waals surface area contributed by atoms with Crippen molar-refractivity contribution in [3.63, 3.8) is 0 Å². The van der Waals surface area contributed by atoms with Gasteiger partial charge in [-0.2, -0.15) is 0 Å². The van der Waals surface area contributed by atoms with Gasteiger partial charge in [-0.05, 0) is 45.2 Å². The van der Waals surface area contributed by atoms with E-state index in [1.54, 1.807) is 0 Å². The number of nitrogens with zero attached hydrogens (tertiary/aromatic N) is 7. The van der Waals surface area contributed by atoms with Gasteiger partial charge in [-0.15, -0.1) is 5.10 Å². The zero-order chi connectivity index (χ0) is 26.1. The van der Waals surface area contributed by atoms with Crippen LogP contribution >= 0.6 is 0 Å². The molecule has 4 N–H and O–H groups in total. The summed E-state index contributed by atoms with van der Waals surface area (Å²) < 4.78 is 5.29. The number of hydrogen-bond donors (Lipinski definition) is 2. The van der Waals surface area contributed by atoms with Gasteiger partial charge in [0.25, 0.3) is 11.8 Å². The lowest BCUT2D eigenvalue weighted by Gasteiger charge is -2.47. The van der Waals surface area contributed by atoms with Gasteiger partial charge in [0.2, 0.25) is 0 Å². The van der Waals surface area contributed by atoms with Gasteiger partial charge in [-0.1, -0.05) is 29.7 Å². The molecule has 4 heterocycles. The van der Waals surface area contributed by atoms with Crippen molar-refractivity contribution in [3.8, 4) is 11.6 Å². The molecule has 1 unspecified atom stereocenters. The number of rotatable bonds is 5. The largest absolute Gasteiger partial charge is 0.402 e. The lowest BCUT2D eigenvalue weighted by molar-refractivity contribution is 0.0490. The Bertz CT molecular complexity index is 1250. The molecule has 0 bridgehead atoms. The second-order valence-electron chi connectivity index (χ2n) is 9.95. The predicted octanol–water partition coefficient (Wildman–Crippen LogP) is 2.51. The Morgan fingerprint density at radius 3 is 2.41 bits per heavy atom. The number of piperazine rings is 1.